The van der Waals surface area contributed by atoms with Crippen LogP contribution >= 0.6 is 23.2 Å². The van der Waals surface area contributed by atoms with E-state index >= 15 is 0 Å². The predicted octanol–water partition coefficient (Wildman–Crippen LogP) is 5.54. The zero-order valence-corrected chi connectivity index (χ0v) is 12.8. The fraction of sp³-hybridized carbons (Fsp3) is 0.333. The van der Waals surface area contributed by atoms with Gasteiger partial charge in [0.05, 0.1) is 0 Å². The van der Waals surface area contributed by atoms with Crippen LogP contribution in [0.5, 0.6) is 0 Å². The van der Waals surface area contributed by atoms with E-state index in [0.717, 1.165) is 17.3 Å². The maximum atomic E-state index is 6.21. The molecular weight excluding hydrogens is 287 g/mol. The lowest BCUT2D eigenvalue weighted by Gasteiger charge is -2.14. The van der Waals surface area contributed by atoms with Gasteiger partial charge in [-0.1, -0.05) is 54.1 Å². The second kappa shape index (κ2) is 6.20. The minimum absolute atomic E-state index is 0.542. The Morgan fingerprint density at radius 3 is 2.55 bits per heavy atom. The highest BCUT2D eigenvalue weighted by Crippen LogP contribution is 2.52. The van der Waals surface area contributed by atoms with Gasteiger partial charge in [0.1, 0.15) is 0 Å². The molecule has 0 spiro atoms. The Labute approximate surface area is 130 Å². The maximum absolute atomic E-state index is 6.21. The average molecular weight is 305 g/mol. The summed E-state index contributed by atoms with van der Waals surface area (Å²) in [7, 11) is 0. The third-order valence-corrected chi connectivity index (χ3v) is 4.89. The van der Waals surface area contributed by atoms with Gasteiger partial charge < -0.3 is 0 Å². The van der Waals surface area contributed by atoms with Crippen LogP contribution in [-0.4, -0.2) is 5.88 Å². The molecule has 3 unspecified atom stereocenters. The van der Waals surface area contributed by atoms with Crippen molar-refractivity contribution in [1.29, 1.82) is 0 Å². The fourth-order valence-electron chi connectivity index (χ4n) is 3.11. The lowest BCUT2D eigenvalue weighted by molar-refractivity contribution is 0.501. The number of benzene rings is 2. The molecule has 104 valence electrons. The lowest BCUT2D eigenvalue weighted by atomic mass is 9.94. The first-order valence-electron chi connectivity index (χ1n) is 7.13. The standard InChI is InChI=1S/C18H18Cl2/c19-12-15(9-13-5-4-8-16(20)10-13)18-11-17(18)14-6-2-1-3-7-14/h1-8,10,15,17-18H,9,11-12H2. The summed E-state index contributed by atoms with van der Waals surface area (Å²) in [5.41, 5.74) is 2.75. The van der Waals surface area contributed by atoms with Crippen LogP contribution in [-0.2, 0) is 6.42 Å². The van der Waals surface area contributed by atoms with E-state index in [9.17, 15) is 0 Å². The van der Waals surface area contributed by atoms with Gasteiger partial charge in [-0.25, -0.2) is 0 Å². The van der Waals surface area contributed by atoms with Crippen LogP contribution in [0.4, 0.5) is 0 Å². The summed E-state index contributed by atoms with van der Waals surface area (Å²) in [6.45, 7) is 0. The summed E-state index contributed by atoms with van der Waals surface area (Å²) in [6, 6.07) is 18.9. The molecule has 0 aliphatic heterocycles. The molecule has 20 heavy (non-hydrogen) atoms. The smallest absolute Gasteiger partial charge is 0.0408 e. The third kappa shape index (κ3) is 3.19. The van der Waals surface area contributed by atoms with Gasteiger partial charge in [-0.05, 0) is 53.9 Å². The molecule has 2 aromatic carbocycles. The molecule has 0 nitrogen and oxygen atoms in total. The summed E-state index contributed by atoms with van der Waals surface area (Å²) >= 11 is 12.3. The van der Waals surface area contributed by atoms with Crippen molar-refractivity contribution >= 4 is 23.2 Å². The van der Waals surface area contributed by atoms with Gasteiger partial charge in [-0.3, -0.25) is 0 Å². The minimum atomic E-state index is 0.542. The van der Waals surface area contributed by atoms with E-state index in [1.807, 2.05) is 12.1 Å². The van der Waals surface area contributed by atoms with Crippen LogP contribution in [0, 0.1) is 11.8 Å². The molecule has 0 radical (unpaired) electrons. The van der Waals surface area contributed by atoms with Crippen molar-refractivity contribution in [2.75, 3.05) is 5.88 Å². The quantitative estimate of drug-likeness (QED) is 0.636. The van der Waals surface area contributed by atoms with Crippen LogP contribution in [0.1, 0.15) is 23.5 Å². The summed E-state index contributed by atoms with van der Waals surface area (Å²) in [6.07, 6.45) is 2.29. The molecule has 1 aliphatic rings. The lowest BCUT2D eigenvalue weighted by Crippen LogP contribution is -2.10. The summed E-state index contributed by atoms with van der Waals surface area (Å²) in [5, 5.41) is 0.811. The third-order valence-electron chi connectivity index (χ3n) is 4.26. The van der Waals surface area contributed by atoms with Crippen LogP contribution < -0.4 is 0 Å². The number of halogens is 2. The van der Waals surface area contributed by atoms with E-state index in [0.29, 0.717) is 17.8 Å². The van der Waals surface area contributed by atoms with Crippen LogP contribution in [0.15, 0.2) is 54.6 Å². The van der Waals surface area contributed by atoms with Crippen LogP contribution in [0.2, 0.25) is 5.02 Å². The van der Waals surface area contributed by atoms with Crippen molar-refractivity contribution in [3.8, 4) is 0 Å². The minimum Gasteiger partial charge on any atom is -0.126 e. The molecule has 0 N–H and O–H groups in total. The number of hydrogen-bond donors (Lipinski definition) is 0. The highest BCUT2D eigenvalue weighted by molar-refractivity contribution is 6.30. The van der Waals surface area contributed by atoms with E-state index < -0.39 is 0 Å². The van der Waals surface area contributed by atoms with Gasteiger partial charge in [0.15, 0.2) is 0 Å². The van der Waals surface area contributed by atoms with E-state index in [1.165, 1.54) is 17.5 Å². The molecule has 3 atom stereocenters. The predicted molar refractivity (Wildman–Crippen MR) is 86.7 cm³/mol. The molecule has 1 aliphatic carbocycles. The highest BCUT2D eigenvalue weighted by atomic mass is 35.5. The van der Waals surface area contributed by atoms with E-state index in [4.69, 9.17) is 23.2 Å². The molecule has 1 fully saturated rings. The SMILES string of the molecule is ClCC(Cc1cccc(Cl)c1)C1CC1c1ccccc1. The van der Waals surface area contributed by atoms with Crippen molar-refractivity contribution < 1.29 is 0 Å². The summed E-state index contributed by atoms with van der Waals surface area (Å²) < 4.78 is 0. The Kier molecular flexibility index (Phi) is 4.33. The first-order chi connectivity index (χ1) is 9.78. The van der Waals surface area contributed by atoms with Crippen molar-refractivity contribution in [3.05, 3.63) is 70.7 Å². The summed E-state index contributed by atoms with van der Waals surface area (Å²) in [4.78, 5) is 0. The fourth-order valence-corrected chi connectivity index (χ4v) is 3.66. The van der Waals surface area contributed by atoms with Crippen molar-refractivity contribution in [1.82, 2.24) is 0 Å². The summed E-state index contributed by atoms with van der Waals surface area (Å²) in [5.74, 6) is 2.67. The number of alkyl halides is 1. The topological polar surface area (TPSA) is 0 Å². The van der Waals surface area contributed by atoms with Gasteiger partial charge in [-0.15, -0.1) is 11.6 Å². The molecule has 2 heteroatoms. The Hall–Kier alpha value is -0.980. The zero-order valence-electron chi connectivity index (χ0n) is 11.3. The first kappa shape index (κ1) is 14.0. The zero-order chi connectivity index (χ0) is 13.9. The Balaban J connectivity index is 1.67. The Morgan fingerprint density at radius 1 is 1.05 bits per heavy atom. The van der Waals surface area contributed by atoms with Crippen molar-refractivity contribution in [2.45, 2.75) is 18.8 Å². The molecule has 1 saturated carbocycles. The maximum Gasteiger partial charge on any atom is 0.0408 e. The Bertz CT molecular complexity index is 565. The molecule has 0 amide bonds. The van der Waals surface area contributed by atoms with Gasteiger partial charge in [0.2, 0.25) is 0 Å². The molecule has 3 rings (SSSR count). The van der Waals surface area contributed by atoms with E-state index in [-0.39, 0.29) is 0 Å². The Morgan fingerprint density at radius 2 is 1.85 bits per heavy atom. The molecule has 0 saturated heterocycles. The monoisotopic (exact) mass is 304 g/mol. The second-order valence-corrected chi connectivity index (χ2v) is 6.41. The van der Waals surface area contributed by atoms with Crippen LogP contribution in [0.25, 0.3) is 0 Å². The number of hydrogen-bond acceptors (Lipinski definition) is 0. The van der Waals surface area contributed by atoms with Gasteiger partial charge in [0.25, 0.3) is 0 Å². The van der Waals surface area contributed by atoms with Gasteiger partial charge in [0, 0.05) is 10.9 Å². The molecule has 0 aromatic heterocycles. The highest BCUT2D eigenvalue weighted by Gasteiger charge is 2.43. The average Bonchev–Trinajstić information content (AvgIpc) is 3.26. The van der Waals surface area contributed by atoms with E-state index in [2.05, 4.69) is 42.5 Å². The first-order valence-corrected chi connectivity index (χ1v) is 8.04. The molecular formula is C18H18Cl2. The van der Waals surface area contributed by atoms with Crippen molar-refractivity contribution in [2.24, 2.45) is 11.8 Å². The molecule has 0 bridgehead atoms. The van der Waals surface area contributed by atoms with Crippen molar-refractivity contribution in [3.63, 3.8) is 0 Å². The number of rotatable bonds is 5. The molecule has 2 aromatic rings. The largest absolute Gasteiger partial charge is 0.126 e. The second-order valence-electron chi connectivity index (χ2n) is 5.67. The van der Waals surface area contributed by atoms with Crippen LogP contribution in [0.3, 0.4) is 0 Å². The van der Waals surface area contributed by atoms with Gasteiger partial charge >= 0.3 is 0 Å². The van der Waals surface area contributed by atoms with E-state index in [1.54, 1.807) is 0 Å². The van der Waals surface area contributed by atoms with Gasteiger partial charge in [-0.2, -0.15) is 0 Å². The molecule has 0 heterocycles. The normalized spacial score (nSPS) is 22.5.